The summed E-state index contributed by atoms with van der Waals surface area (Å²) in [6.07, 6.45) is 8.95. The Morgan fingerprint density at radius 1 is 1.38 bits per heavy atom. The lowest BCUT2D eigenvalue weighted by molar-refractivity contribution is 0.0949. The van der Waals surface area contributed by atoms with Crippen molar-refractivity contribution in [3.8, 4) is 5.88 Å². The van der Waals surface area contributed by atoms with Crippen molar-refractivity contribution in [2.45, 2.75) is 51.7 Å². The summed E-state index contributed by atoms with van der Waals surface area (Å²) in [5, 5.41) is 3.17. The second kappa shape index (κ2) is 7.66. The number of aryl methyl sites for hydroxylation is 1. The number of nitrogens with one attached hydrogen (secondary N) is 2. The van der Waals surface area contributed by atoms with Crippen LogP contribution in [0.2, 0.25) is 5.02 Å². The molecule has 128 valence electrons. The molecule has 0 saturated heterocycles. The van der Waals surface area contributed by atoms with Gasteiger partial charge in [0, 0.05) is 11.9 Å². The van der Waals surface area contributed by atoms with Crippen LogP contribution in [0, 0.1) is 6.92 Å². The van der Waals surface area contributed by atoms with Crippen LogP contribution in [0.15, 0.2) is 18.6 Å². The third-order valence-corrected chi connectivity index (χ3v) is 4.52. The average molecular weight is 349 g/mol. The fourth-order valence-corrected chi connectivity index (χ4v) is 3.02. The number of rotatable bonds is 5. The predicted molar refractivity (Wildman–Crippen MR) is 91.2 cm³/mol. The molecule has 0 unspecified atom stereocenters. The van der Waals surface area contributed by atoms with Gasteiger partial charge in [-0.05, 0) is 38.7 Å². The quantitative estimate of drug-likeness (QED) is 0.867. The Kier molecular flexibility index (Phi) is 5.35. The normalized spacial score (nSPS) is 15.2. The molecule has 1 aliphatic rings. The molecule has 3 rings (SSSR count). The molecular formula is C17H21ClN4O2. The molecule has 7 heteroatoms. The molecule has 0 bridgehead atoms. The van der Waals surface area contributed by atoms with E-state index in [-0.39, 0.29) is 12.0 Å². The van der Waals surface area contributed by atoms with E-state index in [1.165, 1.54) is 25.5 Å². The predicted octanol–water partition coefficient (Wildman–Crippen LogP) is 3.41. The Morgan fingerprint density at radius 3 is 2.83 bits per heavy atom. The lowest BCUT2D eigenvalue weighted by atomic mass is 9.98. The van der Waals surface area contributed by atoms with Gasteiger partial charge in [-0.25, -0.2) is 9.97 Å². The number of pyridine rings is 1. The number of aromatic amines is 1. The molecule has 1 fully saturated rings. The third-order valence-electron chi connectivity index (χ3n) is 4.25. The number of nitrogens with zero attached hydrogens (tertiary/aromatic N) is 2. The van der Waals surface area contributed by atoms with E-state index < -0.39 is 0 Å². The molecule has 0 atom stereocenters. The first-order valence-electron chi connectivity index (χ1n) is 8.22. The van der Waals surface area contributed by atoms with E-state index in [1.54, 1.807) is 12.4 Å². The summed E-state index contributed by atoms with van der Waals surface area (Å²) in [7, 11) is 0. The number of hydrogen-bond donors (Lipinski definition) is 2. The third kappa shape index (κ3) is 4.06. The second-order valence-corrected chi connectivity index (χ2v) is 6.45. The number of amides is 1. The Hall–Kier alpha value is -2.08. The maximum Gasteiger partial charge on any atom is 0.253 e. The van der Waals surface area contributed by atoms with Gasteiger partial charge in [0.05, 0.1) is 24.1 Å². The van der Waals surface area contributed by atoms with Gasteiger partial charge in [0.1, 0.15) is 11.1 Å². The summed E-state index contributed by atoms with van der Waals surface area (Å²) in [5.74, 6) is 0.166. The van der Waals surface area contributed by atoms with Crippen molar-refractivity contribution in [2.24, 2.45) is 0 Å². The van der Waals surface area contributed by atoms with Crippen molar-refractivity contribution in [1.29, 1.82) is 0 Å². The highest BCUT2D eigenvalue weighted by atomic mass is 35.5. The summed E-state index contributed by atoms with van der Waals surface area (Å²) in [4.78, 5) is 23.6. The molecule has 2 heterocycles. The molecule has 6 nitrogen and oxygen atoms in total. The van der Waals surface area contributed by atoms with Gasteiger partial charge >= 0.3 is 0 Å². The van der Waals surface area contributed by atoms with Crippen molar-refractivity contribution in [1.82, 2.24) is 20.3 Å². The van der Waals surface area contributed by atoms with E-state index in [9.17, 15) is 4.79 Å². The van der Waals surface area contributed by atoms with Crippen molar-refractivity contribution in [2.75, 3.05) is 0 Å². The maximum absolute atomic E-state index is 12.2. The topological polar surface area (TPSA) is 79.9 Å². The molecule has 1 amide bonds. The smallest absolute Gasteiger partial charge is 0.253 e. The minimum atomic E-state index is -0.240. The molecule has 2 aromatic rings. The molecule has 0 radical (unpaired) electrons. The van der Waals surface area contributed by atoms with Crippen molar-refractivity contribution in [3.63, 3.8) is 0 Å². The largest absolute Gasteiger partial charge is 0.473 e. The van der Waals surface area contributed by atoms with Crippen molar-refractivity contribution < 1.29 is 9.53 Å². The molecule has 1 aliphatic carbocycles. The molecule has 1 saturated carbocycles. The van der Waals surface area contributed by atoms with Gasteiger partial charge in [-0.3, -0.25) is 4.79 Å². The standard InChI is InChI=1S/C17H21ClN4O2/c1-11-15(22-10-21-11)9-19-16(23)12-7-14(18)17(20-8-12)24-13-5-3-2-4-6-13/h7-8,10,13H,2-6,9H2,1H3,(H,19,23)(H,21,22). The number of carbonyl (C=O) groups excluding carboxylic acids is 1. The molecule has 0 spiro atoms. The highest BCUT2D eigenvalue weighted by Crippen LogP contribution is 2.27. The van der Waals surface area contributed by atoms with Gasteiger partial charge in [-0.1, -0.05) is 18.0 Å². The Balaban J connectivity index is 1.60. The summed E-state index contributed by atoms with van der Waals surface area (Å²) in [5.41, 5.74) is 2.14. The number of aromatic nitrogens is 3. The lowest BCUT2D eigenvalue weighted by Gasteiger charge is -2.22. The van der Waals surface area contributed by atoms with Crippen LogP contribution in [-0.4, -0.2) is 27.0 Å². The summed E-state index contributed by atoms with van der Waals surface area (Å²) in [6, 6.07) is 1.60. The first-order valence-corrected chi connectivity index (χ1v) is 8.60. The molecule has 0 aliphatic heterocycles. The molecule has 2 N–H and O–H groups in total. The summed E-state index contributed by atoms with van der Waals surface area (Å²) in [6.45, 7) is 2.26. The van der Waals surface area contributed by atoms with Crippen molar-refractivity contribution >= 4 is 17.5 Å². The van der Waals surface area contributed by atoms with Crippen LogP contribution in [0.3, 0.4) is 0 Å². The number of halogens is 1. The maximum atomic E-state index is 12.2. The molecule has 24 heavy (non-hydrogen) atoms. The van der Waals surface area contributed by atoms with Crippen LogP contribution < -0.4 is 10.1 Å². The SMILES string of the molecule is Cc1[nH]cnc1CNC(=O)c1cnc(OC2CCCCC2)c(Cl)c1. The van der Waals surface area contributed by atoms with E-state index in [1.807, 2.05) is 6.92 Å². The molecular weight excluding hydrogens is 328 g/mol. The first kappa shape index (κ1) is 16.8. The van der Waals surface area contributed by atoms with Gasteiger partial charge in [-0.2, -0.15) is 0 Å². The van der Waals surface area contributed by atoms with Crippen LogP contribution in [0.1, 0.15) is 53.8 Å². The number of H-pyrrole nitrogens is 1. The highest BCUT2D eigenvalue weighted by Gasteiger charge is 2.18. The van der Waals surface area contributed by atoms with E-state index >= 15 is 0 Å². The van der Waals surface area contributed by atoms with Crippen LogP contribution in [0.25, 0.3) is 0 Å². The van der Waals surface area contributed by atoms with Gasteiger partial charge in [0.15, 0.2) is 0 Å². The van der Waals surface area contributed by atoms with Crippen LogP contribution in [-0.2, 0) is 6.54 Å². The minimum absolute atomic E-state index is 0.172. The zero-order chi connectivity index (χ0) is 16.9. The Bertz CT molecular complexity index is 710. The zero-order valence-electron chi connectivity index (χ0n) is 13.6. The number of carbonyl (C=O) groups is 1. The summed E-state index contributed by atoms with van der Waals surface area (Å²) >= 11 is 6.23. The second-order valence-electron chi connectivity index (χ2n) is 6.05. The first-order chi connectivity index (χ1) is 11.6. The van der Waals surface area contributed by atoms with Crippen LogP contribution in [0.5, 0.6) is 5.88 Å². The highest BCUT2D eigenvalue weighted by molar-refractivity contribution is 6.32. The van der Waals surface area contributed by atoms with E-state index in [4.69, 9.17) is 16.3 Å². The van der Waals surface area contributed by atoms with Gasteiger partial charge < -0.3 is 15.0 Å². The Labute approximate surface area is 146 Å². The average Bonchev–Trinajstić information content (AvgIpc) is 3.00. The summed E-state index contributed by atoms with van der Waals surface area (Å²) < 4.78 is 5.87. The van der Waals surface area contributed by atoms with Gasteiger partial charge in [-0.15, -0.1) is 0 Å². The fourth-order valence-electron chi connectivity index (χ4n) is 2.81. The van der Waals surface area contributed by atoms with Gasteiger partial charge in [0.2, 0.25) is 5.88 Å². The minimum Gasteiger partial charge on any atom is -0.473 e. The monoisotopic (exact) mass is 348 g/mol. The van der Waals surface area contributed by atoms with Crippen LogP contribution in [0.4, 0.5) is 0 Å². The van der Waals surface area contributed by atoms with Crippen LogP contribution >= 0.6 is 11.6 Å². The Morgan fingerprint density at radius 2 is 2.17 bits per heavy atom. The van der Waals surface area contributed by atoms with Gasteiger partial charge in [0.25, 0.3) is 5.91 Å². The van der Waals surface area contributed by atoms with E-state index in [0.29, 0.717) is 23.0 Å². The van der Waals surface area contributed by atoms with Crippen molar-refractivity contribution in [3.05, 3.63) is 40.6 Å². The number of imidazole rings is 1. The number of hydrogen-bond acceptors (Lipinski definition) is 4. The fraction of sp³-hybridized carbons (Fsp3) is 0.471. The number of ether oxygens (including phenoxy) is 1. The lowest BCUT2D eigenvalue weighted by Crippen LogP contribution is -2.24. The molecule has 2 aromatic heterocycles. The zero-order valence-corrected chi connectivity index (χ0v) is 14.4. The van der Waals surface area contributed by atoms with E-state index in [0.717, 1.165) is 24.2 Å². The van der Waals surface area contributed by atoms with E-state index in [2.05, 4.69) is 20.3 Å². The molecule has 0 aromatic carbocycles.